The van der Waals surface area contributed by atoms with E-state index < -0.39 is 108 Å². The van der Waals surface area contributed by atoms with Crippen LogP contribution in [0.4, 0.5) is 46.3 Å². The number of nitrogens with one attached hydrogen (secondary N) is 9. The number of benzene rings is 4. The Morgan fingerprint density at radius 1 is 0.422 bits per heavy atom. The molecule has 147 heavy (non-hydrogen) atoms. The maximum atomic E-state index is 14.8. The standard InChI is InChI=1S/C29H39FN6O6S.C27H34N6O6S.2C21H27N5O5S/c1-8-11-36(12-13-41-7)28(37)24-17-26(33-35(24)6)43(39,40)34-29(38)32-27-22(18(2)3)15-21(30)16-23(27)20-9-10-31-25(14-20)42-19(4)5;1-5-13-33(14-15-38-3)26(34)22-17-24(30-32(22)2)40(36,37)31-27(35)29-25-20-8-6-7-18(20)9-10-21(25)19-11-12-28-23(16-19)39-4;1-25(9-10-27)20(28)17-12-18(23-26(17)2)32(30,31)24-21(29)22-19-15-7-3-5-13(15)11-14-6-4-8-16(14)19;1-26-17(20(27)22-9-10-31-2)12-18(24-26)32(29,30)25-21(28)23-19-15-7-3-5-13(15)11-14-6-4-8-16(14)19/h9-10,14-19H,8,11-13H2,1-7H3,(H2,32,34,38);9-12,16-17H,5-8,13-15H2,1-4H3,(H2,29,31,35);11-12,27H,3-10H2,1-2H3,(H2,22,24,29);11-12H,3-10H2,1-2H3,(H,22,27)(H2,23,25,28). The number of ether oxygens (including phenoxy) is 5. The molecule has 0 saturated heterocycles. The zero-order valence-electron chi connectivity index (χ0n) is 84.8. The number of aliphatic hydroxyl groups is 1. The molecule has 6 heterocycles. The van der Waals surface area contributed by atoms with E-state index in [2.05, 4.69) is 69.1 Å². The predicted octanol–water partition coefficient (Wildman–Crippen LogP) is 9.79. The van der Waals surface area contributed by atoms with E-state index in [4.69, 9.17) is 28.8 Å². The molecule has 0 unspecified atom stereocenters. The number of fused-ring (bicyclic) bond motifs is 5. The van der Waals surface area contributed by atoms with Crippen LogP contribution in [-0.4, -0.2) is 258 Å². The first kappa shape index (κ1) is 112. The first-order chi connectivity index (χ1) is 69.9. The lowest BCUT2D eigenvalue weighted by atomic mass is 9.94. The molecule has 0 fully saturated rings. The maximum Gasteiger partial charge on any atom is 0.333 e. The smallest absolute Gasteiger partial charge is 0.333 e. The Morgan fingerprint density at radius 3 is 1.18 bits per heavy atom. The normalized spacial score (nSPS) is 13.2. The molecule has 4 aromatic carbocycles. The number of likely N-dealkylation sites (N-methyl/N-ethyl adjacent to an activating group) is 1. The van der Waals surface area contributed by atoms with Gasteiger partial charge in [0.2, 0.25) is 11.8 Å². The van der Waals surface area contributed by atoms with E-state index in [0.717, 1.165) is 185 Å². The van der Waals surface area contributed by atoms with Gasteiger partial charge in [-0.3, -0.25) is 37.9 Å². The second kappa shape index (κ2) is 49.6. The minimum absolute atomic E-state index is 0.0282. The van der Waals surface area contributed by atoms with Crippen LogP contribution in [-0.2, 0) is 147 Å². The van der Waals surface area contributed by atoms with E-state index in [9.17, 15) is 76.4 Å². The average molecular weight is 2110 g/mol. The largest absolute Gasteiger partial charge is 0.481 e. The molecule has 6 aromatic heterocycles. The van der Waals surface area contributed by atoms with Gasteiger partial charge in [0.05, 0.1) is 51.0 Å². The lowest BCUT2D eigenvalue weighted by Gasteiger charge is -2.21. The number of aromatic nitrogens is 10. The maximum absolute atomic E-state index is 14.8. The summed E-state index contributed by atoms with van der Waals surface area (Å²) < 4.78 is 157. The quantitative estimate of drug-likeness (QED) is 0.0162. The van der Waals surface area contributed by atoms with Crippen LogP contribution >= 0.6 is 0 Å². The summed E-state index contributed by atoms with van der Waals surface area (Å²) in [7, 11) is -4.05. The number of nitrogens with zero attached hydrogens (tertiary/aromatic N) is 13. The van der Waals surface area contributed by atoms with Gasteiger partial charge in [0.1, 0.15) is 28.6 Å². The second-order valence-corrected chi connectivity index (χ2v) is 42.6. The second-order valence-electron chi connectivity index (χ2n) is 36.1. The van der Waals surface area contributed by atoms with Crippen molar-refractivity contribution in [2.75, 3.05) is 122 Å². The highest BCUT2D eigenvalue weighted by Crippen LogP contribution is 2.43. The van der Waals surface area contributed by atoms with Crippen LogP contribution in [0.2, 0.25) is 0 Å². The summed E-state index contributed by atoms with van der Waals surface area (Å²) >= 11 is 0. The molecule has 0 bridgehead atoms. The van der Waals surface area contributed by atoms with E-state index in [0.29, 0.717) is 92.1 Å². The summed E-state index contributed by atoms with van der Waals surface area (Å²) in [6.07, 6.45) is 18.3. The number of carbonyl (C=O) groups is 8. The molecule has 0 atom stereocenters. The van der Waals surface area contributed by atoms with Crippen LogP contribution in [0.5, 0.6) is 11.8 Å². The minimum atomic E-state index is -4.50. The molecular formula is C98H127FN22O22S4. The topological polar surface area (TPSA) is 555 Å². The number of halogens is 1. The van der Waals surface area contributed by atoms with Crippen LogP contribution in [0.3, 0.4) is 0 Å². The van der Waals surface area contributed by atoms with Crippen molar-refractivity contribution in [2.24, 2.45) is 28.2 Å². The number of pyridine rings is 2. The van der Waals surface area contributed by atoms with Crippen molar-refractivity contribution in [2.45, 2.75) is 183 Å². The third-order valence-electron chi connectivity index (χ3n) is 25.0. The van der Waals surface area contributed by atoms with Gasteiger partial charge in [0.25, 0.3) is 63.7 Å². The molecule has 12 amide bonds. The Hall–Kier alpha value is -13.9. The van der Waals surface area contributed by atoms with Gasteiger partial charge >= 0.3 is 24.1 Å². The van der Waals surface area contributed by atoms with Crippen molar-refractivity contribution in [1.82, 2.24) is 88.0 Å². The third kappa shape index (κ3) is 27.5. The highest BCUT2D eigenvalue weighted by atomic mass is 32.2. The van der Waals surface area contributed by atoms with Gasteiger partial charge in [0, 0.05) is 167 Å². The molecule has 49 heteroatoms. The molecule has 0 spiro atoms. The number of carbonyl (C=O) groups excluding carboxylic acids is 8. The van der Waals surface area contributed by atoms with Crippen LogP contribution < -0.4 is 54.9 Å². The first-order valence-corrected chi connectivity index (χ1v) is 54.1. The molecule has 0 saturated carbocycles. The molecule has 0 aliphatic heterocycles. The number of amides is 12. The number of aryl methyl sites for hydroxylation is 9. The monoisotopic (exact) mass is 2110 g/mol. The van der Waals surface area contributed by atoms with Crippen molar-refractivity contribution in [1.29, 1.82) is 0 Å². The number of anilines is 4. The molecule has 5 aliphatic rings. The number of aliphatic hydroxyl groups excluding tert-OH is 1. The Morgan fingerprint density at radius 2 is 0.789 bits per heavy atom. The van der Waals surface area contributed by atoms with Crippen molar-refractivity contribution >= 4 is 111 Å². The zero-order chi connectivity index (χ0) is 107. The Bertz CT molecular complexity index is 7000. The Kier molecular flexibility index (Phi) is 37.7. The third-order valence-corrected chi connectivity index (χ3v) is 29.8. The van der Waals surface area contributed by atoms with Crippen molar-refractivity contribution in [3.05, 3.63) is 187 Å². The number of hydrogen-bond donors (Lipinski definition) is 10. The highest BCUT2D eigenvalue weighted by molar-refractivity contribution is 7.90. The van der Waals surface area contributed by atoms with Crippen LogP contribution in [0.1, 0.15) is 196 Å². The lowest BCUT2D eigenvalue weighted by Crippen LogP contribution is -2.35. The van der Waals surface area contributed by atoms with Gasteiger partial charge in [-0.1, -0.05) is 52.0 Å². The Labute approximate surface area is 853 Å². The summed E-state index contributed by atoms with van der Waals surface area (Å²) in [5, 5.41) is 36.5. The molecule has 10 aromatic rings. The molecule has 15 rings (SSSR count). The van der Waals surface area contributed by atoms with Gasteiger partial charge in [-0.25, -0.2) is 52.4 Å². The zero-order valence-corrected chi connectivity index (χ0v) is 88.1. The number of rotatable bonds is 37. The summed E-state index contributed by atoms with van der Waals surface area (Å²) in [4.78, 5) is 115. The van der Waals surface area contributed by atoms with Crippen molar-refractivity contribution < 1.29 is 105 Å². The summed E-state index contributed by atoms with van der Waals surface area (Å²) in [6.45, 7) is 13.9. The first-order valence-electron chi connectivity index (χ1n) is 48.1. The lowest BCUT2D eigenvalue weighted by molar-refractivity contribution is 0.0679. The number of sulfonamides is 4. The van der Waals surface area contributed by atoms with E-state index in [-0.39, 0.29) is 66.1 Å². The number of hydrogen-bond acceptors (Lipinski definition) is 28. The molecule has 0 radical (unpaired) electrons. The van der Waals surface area contributed by atoms with E-state index >= 15 is 0 Å². The van der Waals surface area contributed by atoms with E-state index in [1.165, 1.54) is 118 Å². The van der Waals surface area contributed by atoms with Crippen LogP contribution in [0, 0.1) is 5.82 Å². The fourth-order valence-corrected chi connectivity index (χ4v) is 21.6. The minimum Gasteiger partial charge on any atom is -0.481 e. The summed E-state index contributed by atoms with van der Waals surface area (Å²) in [6, 6.07) is 18.5. The Balaban J connectivity index is 0.000000175. The number of urea groups is 4. The molecule has 10 N–H and O–H groups in total. The van der Waals surface area contributed by atoms with E-state index in [1.807, 2.05) is 72.6 Å². The van der Waals surface area contributed by atoms with Crippen LogP contribution in [0.25, 0.3) is 22.3 Å². The molecular weight excluding hydrogens is 1980 g/mol. The van der Waals surface area contributed by atoms with Gasteiger partial charge in [0.15, 0.2) is 20.1 Å². The fourth-order valence-electron chi connectivity index (χ4n) is 18.1. The van der Waals surface area contributed by atoms with Gasteiger partial charge in [-0.15, -0.1) is 0 Å². The average Bonchev–Trinajstić information content (AvgIpc) is 1.73. The molecule has 44 nitrogen and oxygen atoms in total. The van der Waals surface area contributed by atoms with Gasteiger partial charge < -0.3 is 70.1 Å². The molecule has 5 aliphatic carbocycles. The summed E-state index contributed by atoms with van der Waals surface area (Å²) in [5.41, 5.74) is 16.5. The van der Waals surface area contributed by atoms with Gasteiger partial charge in [-0.05, 0) is 226 Å². The SMILES string of the molecule is CCCN(CCOC)C(=O)c1cc(S(=O)(=O)NC(=O)Nc2c(-c3ccnc(OC(C)C)c3)cc(F)cc2C(C)C)nn1C.CCCN(CCOC)C(=O)c1cc(S(=O)(=O)NC(=O)Nc2c(-c3ccnc(OC)c3)ccc3c2CCC3)nn1C.CN(CCO)C(=O)c1cc(S(=O)(=O)NC(=O)Nc2c3c(cc4c2CCC4)CCC3)nn1C.COCCNC(=O)c1cc(S(=O)(=O)NC(=O)Nc2c3c(cc4c2CCC4)CCC3)nn1C. The fraction of sp³-hybridized carbons (Fsp3) is 0.449. The predicted molar refractivity (Wildman–Crippen MR) is 543 cm³/mol. The highest BCUT2D eigenvalue weighted by Gasteiger charge is 2.36. The van der Waals surface area contributed by atoms with Gasteiger partial charge in [-0.2, -0.15) is 54.1 Å². The number of methoxy groups -OCH3 is 4. The van der Waals surface area contributed by atoms with E-state index in [1.54, 1.807) is 42.5 Å². The molecule has 792 valence electrons. The van der Waals surface area contributed by atoms with Crippen molar-refractivity contribution in [3.8, 4) is 34.0 Å². The summed E-state index contributed by atoms with van der Waals surface area (Å²) in [5.74, 6) is -1.82. The van der Waals surface area contributed by atoms with Crippen molar-refractivity contribution in [3.63, 3.8) is 0 Å². The van der Waals surface area contributed by atoms with Crippen LogP contribution in [0.15, 0.2) is 117 Å².